The van der Waals surface area contributed by atoms with Gasteiger partial charge in [0.2, 0.25) is 5.91 Å². The van der Waals surface area contributed by atoms with Crippen LogP contribution in [0.5, 0.6) is 0 Å². The van der Waals surface area contributed by atoms with Crippen LogP contribution in [-0.2, 0) is 11.3 Å². The predicted octanol–water partition coefficient (Wildman–Crippen LogP) is 3.64. The Morgan fingerprint density at radius 3 is 2.81 bits per heavy atom. The van der Waals surface area contributed by atoms with Crippen LogP contribution in [-0.4, -0.2) is 20.4 Å². The fraction of sp³-hybridized carbons (Fsp3) is 0.190. The Labute approximate surface area is 155 Å². The first-order valence-corrected chi connectivity index (χ1v) is 8.88. The highest BCUT2D eigenvalue weighted by molar-refractivity contribution is 6.04. The zero-order valence-corrected chi connectivity index (χ0v) is 15.2. The standard InChI is InChI=1S/C21H20N4O2/c1-13(2)14-6-5-7-15(10-14)23-18(26)11-25-12-22-19-16-8-3-4-9-17(16)24-20(19)21(25)27/h3-10,12-13,24H,11H2,1-2H3,(H,23,26). The van der Waals surface area contributed by atoms with Gasteiger partial charge < -0.3 is 10.3 Å². The van der Waals surface area contributed by atoms with Crippen LogP contribution in [0.25, 0.3) is 21.9 Å². The van der Waals surface area contributed by atoms with Gasteiger partial charge in [0.05, 0.1) is 6.33 Å². The van der Waals surface area contributed by atoms with Crippen molar-refractivity contribution in [3.63, 3.8) is 0 Å². The van der Waals surface area contributed by atoms with E-state index in [4.69, 9.17) is 0 Å². The van der Waals surface area contributed by atoms with Crippen molar-refractivity contribution in [2.75, 3.05) is 5.32 Å². The van der Waals surface area contributed by atoms with E-state index in [0.717, 1.165) is 22.2 Å². The summed E-state index contributed by atoms with van der Waals surface area (Å²) in [6.45, 7) is 4.10. The van der Waals surface area contributed by atoms with Crippen LogP contribution in [0.2, 0.25) is 0 Å². The summed E-state index contributed by atoms with van der Waals surface area (Å²) in [5.41, 5.74) is 3.49. The first kappa shape index (κ1) is 17.0. The maximum atomic E-state index is 12.7. The molecular formula is C21H20N4O2. The monoisotopic (exact) mass is 360 g/mol. The molecule has 0 saturated carbocycles. The summed E-state index contributed by atoms with van der Waals surface area (Å²) in [6.07, 6.45) is 1.43. The molecule has 0 spiro atoms. The number of nitrogens with zero attached hydrogens (tertiary/aromatic N) is 2. The molecule has 0 saturated heterocycles. The molecule has 0 aliphatic rings. The molecule has 6 nitrogen and oxygen atoms in total. The molecule has 0 aliphatic carbocycles. The Morgan fingerprint density at radius 1 is 1.19 bits per heavy atom. The first-order valence-electron chi connectivity index (χ1n) is 8.88. The molecule has 27 heavy (non-hydrogen) atoms. The minimum atomic E-state index is -0.268. The van der Waals surface area contributed by atoms with Gasteiger partial charge in [-0.1, -0.05) is 44.2 Å². The number of rotatable bonds is 4. The molecule has 0 fully saturated rings. The van der Waals surface area contributed by atoms with Crippen molar-refractivity contribution in [1.29, 1.82) is 0 Å². The zero-order chi connectivity index (χ0) is 19.0. The van der Waals surface area contributed by atoms with E-state index < -0.39 is 0 Å². The number of carbonyl (C=O) groups excluding carboxylic acids is 1. The third-order valence-electron chi connectivity index (χ3n) is 4.63. The molecule has 0 bridgehead atoms. The molecule has 4 aromatic rings. The second-order valence-electron chi connectivity index (χ2n) is 6.90. The number of benzene rings is 2. The van der Waals surface area contributed by atoms with E-state index in [0.29, 0.717) is 17.0 Å². The van der Waals surface area contributed by atoms with Gasteiger partial charge in [-0.3, -0.25) is 14.2 Å². The van der Waals surface area contributed by atoms with Crippen LogP contribution in [0.1, 0.15) is 25.3 Å². The molecule has 2 N–H and O–H groups in total. The van der Waals surface area contributed by atoms with Crippen LogP contribution in [0, 0.1) is 0 Å². The molecule has 1 amide bonds. The van der Waals surface area contributed by atoms with E-state index in [1.165, 1.54) is 10.9 Å². The SMILES string of the molecule is CC(C)c1cccc(NC(=O)Cn2cnc3c([nH]c4ccccc43)c2=O)c1. The molecule has 0 radical (unpaired) electrons. The maximum Gasteiger partial charge on any atom is 0.278 e. The molecule has 0 aliphatic heterocycles. The number of carbonyl (C=O) groups is 1. The predicted molar refractivity (Wildman–Crippen MR) is 107 cm³/mol. The van der Waals surface area contributed by atoms with Crippen LogP contribution in [0.3, 0.4) is 0 Å². The lowest BCUT2D eigenvalue weighted by molar-refractivity contribution is -0.116. The Kier molecular flexibility index (Phi) is 4.24. The van der Waals surface area contributed by atoms with Crippen molar-refractivity contribution in [2.24, 2.45) is 0 Å². The number of fused-ring (bicyclic) bond motifs is 3. The Bertz CT molecular complexity index is 1200. The van der Waals surface area contributed by atoms with Gasteiger partial charge >= 0.3 is 0 Å². The zero-order valence-electron chi connectivity index (χ0n) is 15.2. The maximum absolute atomic E-state index is 12.7. The summed E-state index contributed by atoms with van der Waals surface area (Å²) in [7, 11) is 0. The van der Waals surface area contributed by atoms with E-state index in [-0.39, 0.29) is 18.0 Å². The molecule has 6 heteroatoms. The van der Waals surface area contributed by atoms with Crippen LogP contribution in [0.15, 0.2) is 59.7 Å². The van der Waals surface area contributed by atoms with E-state index in [2.05, 4.69) is 29.1 Å². The normalized spacial score (nSPS) is 11.4. The largest absolute Gasteiger partial charge is 0.349 e. The number of anilines is 1. The molecule has 4 rings (SSSR count). The van der Waals surface area contributed by atoms with E-state index in [9.17, 15) is 9.59 Å². The molecule has 2 aromatic heterocycles. The van der Waals surface area contributed by atoms with Crippen molar-refractivity contribution in [3.8, 4) is 0 Å². The number of hydrogen-bond donors (Lipinski definition) is 2. The third kappa shape index (κ3) is 3.21. The van der Waals surface area contributed by atoms with Gasteiger partial charge in [-0.2, -0.15) is 0 Å². The summed E-state index contributed by atoms with van der Waals surface area (Å²) >= 11 is 0. The molecule has 0 atom stereocenters. The molecule has 2 aromatic carbocycles. The van der Waals surface area contributed by atoms with Crippen molar-refractivity contribution >= 4 is 33.5 Å². The average Bonchev–Trinajstić information content (AvgIpc) is 3.04. The summed E-state index contributed by atoms with van der Waals surface area (Å²) in [4.78, 5) is 32.6. The minimum Gasteiger partial charge on any atom is -0.349 e. The molecular weight excluding hydrogens is 340 g/mol. The molecule has 2 heterocycles. The summed E-state index contributed by atoms with van der Waals surface area (Å²) in [6, 6.07) is 15.3. The molecule has 136 valence electrons. The van der Waals surface area contributed by atoms with Gasteiger partial charge in [-0.15, -0.1) is 0 Å². The summed E-state index contributed by atoms with van der Waals surface area (Å²) in [5.74, 6) is 0.105. The van der Waals surface area contributed by atoms with Gasteiger partial charge in [-0.05, 0) is 29.7 Å². The van der Waals surface area contributed by atoms with E-state index in [1.807, 2.05) is 48.5 Å². The fourth-order valence-electron chi connectivity index (χ4n) is 3.18. The lowest BCUT2D eigenvalue weighted by Crippen LogP contribution is -2.28. The highest BCUT2D eigenvalue weighted by Gasteiger charge is 2.12. The average molecular weight is 360 g/mol. The van der Waals surface area contributed by atoms with Crippen LogP contribution >= 0.6 is 0 Å². The highest BCUT2D eigenvalue weighted by Crippen LogP contribution is 2.21. The number of nitrogens with one attached hydrogen (secondary N) is 2. The highest BCUT2D eigenvalue weighted by atomic mass is 16.2. The number of hydrogen-bond acceptors (Lipinski definition) is 3. The fourth-order valence-corrected chi connectivity index (χ4v) is 3.18. The van der Waals surface area contributed by atoms with Gasteiger partial charge in [0.1, 0.15) is 17.6 Å². The minimum absolute atomic E-state index is 0.0942. The summed E-state index contributed by atoms with van der Waals surface area (Å²) < 4.78 is 1.32. The topological polar surface area (TPSA) is 79.8 Å². The Hall–Kier alpha value is -3.41. The number of aromatic nitrogens is 3. The Morgan fingerprint density at radius 2 is 2.00 bits per heavy atom. The smallest absolute Gasteiger partial charge is 0.278 e. The van der Waals surface area contributed by atoms with Crippen molar-refractivity contribution in [3.05, 3.63) is 70.8 Å². The first-order chi connectivity index (χ1) is 13.0. The van der Waals surface area contributed by atoms with Gasteiger partial charge in [0, 0.05) is 16.6 Å². The lowest BCUT2D eigenvalue weighted by Gasteiger charge is -2.10. The number of aromatic amines is 1. The second kappa shape index (κ2) is 6.72. The van der Waals surface area contributed by atoms with Crippen molar-refractivity contribution in [1.82, 2.24) is 14.5 Å². The van der Waals surface area contributed by atoms with Crippen LogP contribution < -0.4 is 10.9 Å². The van der Waals surface area contributed by atoms with Gasteiger partial charge in [0.25, 0.3) is 5.56 Å². The van der Waals surface area contributed by atoms with E-state index in [1.54, 1.807) is 0 Å². The van der Waals surface area contributed by atoms with Crippen molar-refractivity contribution in [2.45, 2.75) is 26.3 Å². The number of amides is 1. The Balaban J connectivity index is 1.60. The summed E-state index contributed by atoms with van der Waals surface area (Å²) in [5, 5.41) is 3.75. The van der Waals surface area contributed by atoms with E-state index >= 15 is 0 Å². The lowest BCUT2D eigenvalue weighted by atomic mass is 10.0. The second-order valence-corrected chi connectivity index (χ2v) is 6.90. The van der Waals surface area contributed by atoms with Gasteiger partial charge in [0.15, 0.2) is 0 Å². The van der Waals surface area contributed by atoms with Crippen molar-refractivity contribution < 1.29 is 4.79 Å². The van der Waals surface area contributed by atoms with Crippen LogP contribution in [0.4, 0.5) is 5.69 Å². The van der Waals surface area contributed by atoms with Gasteiger partial charge in [-0.25, -0.2) is 4.98 Å². The quantitative estimate of drug-likeness (QED) is 0.583. The molecule has 0 unspecified atom stereocenters. The number of para-hydroxylation sites is 1. The third-order valence-corrected chi connectivity index (χ3v) is 4.63. The number of H-pyrrole nitrogens is 1.